The van der Waals surface area contributed by atoms with E-state index in [-0.39, 0.29) is 12.5 Å². The second-order valence-corrected chi connectivity index (χ2v) is 5.65. The Kier molecular flexibility index (Phi) is 16.5. The maximum Gasteiger partial charge on any atom is 0.303 e. The summed E-state index contributed by atoms with van der Waals surface area (Å²) < 4.78 is 0. The molecule has 0 aliphatic carbocycles. The minimum atomic E-state index is -0.768. The molecule has 0 amide bonds. The molecule has 136 valence electrons. The molecule has 0 saturated heterocycles. The van der Waals surface area contributed by atoms with Crippen LogP contribution in [0.1, 0.15) is 64.7 Å². The molecule has 0 aromatic rings. The van der Waals surface area contributed by atoms with Crippen LogP contribution in [0.3, 0.4) is 0 Å². The fraction of sp³-hybridized carbons (Fsp3) is 0.550. The van der Waals surface area contributed by atoms with Crippen molar-refractivity contribution in [2.45, 2.75) is 70.8 Å². The Balaban J connectivity index is 3.81. The monoisotopic (exact) mass is 336 g/mol. The van der Waals surface area contributed by atoms with Crippen molar-refractivity contribution in [2.24, 2.45) is 0 Å². The summed E-state index contributed by atoms with van der Waals surface area (Å²) in [6, 6.07) is 0. The van der Waals surface area contributed by atoms with Gasteiger partial charge in [0.25, 0.3) is 0 Å². The number of unbranched alkanes of at least 4 members (excludes halogenated alkanes) is 4. The molecule has 0 aliphatic heterocycles. The molecule has 0 aliphatic rings. The van der Waals surface area contributed by atoms with Crippen LogP contribution >= 0.6 is 0 Å². The maximum absolute atomic E-state index is 10.3. The molecule has 0 bridgehead atoms. The maximum atomic E-state index is 10.3. The van der Waals surface area contributed by atoms with Crippen molar-refractivity contribution in [3.63, 3.8) is 0 Å². The summed E-state index contributed by atoms with van der Waals surface area (Å²) >= 11 is 0. The second-order valence-electron chi connectivity index (χ2n) is 5.65. The Morgan fingerprint density at radius 3 is 2.46 bits per heavy atom. The number of hydrogen-bond acceptors (Lipinski definition) is 3. The van der Waals surface area contributed by atoms with Crippen LogP contribution in [0.5, 0.6) is 0 Å². The predicted molar refractivity (Wildman–Crippen MR) is 98.9 cm³/mol. The zero-order valence-electron chi connectivity index (χ0n) is 14.8. The van der Waals surface area contributed by atoms with Gasteiger partial charge in [-0.2, -0.15) is 0 Å². The molecule has 0 rings (SSSR count). The number of aliphatic carboxylic acids is 1. The van der Waals surface area contributed by atoms with E-state index < -0.39 is 5.97 Å². The average Bonchev–Trinajstić information content (AvgIpc) is 2.57. The predicted octanol–water partition coefficient (Wildman–Crippen LogP) is 5.68. The van der Waals surface area contributed by atoms with Crippen molar-refractivity contribution in [1.29, 1.82) is 0 Å². The molecule has 0 fully saturated rings. The molecule has 24 heavy (non-hydrogen) atoms. The van der Waals surface area contributed by atoms with Crippen molar-refractivity contribution >= 4 is 5.97 Å². The lowest BCUT2D eigenvalue weighted by molar-refractivity contribution is -0.264. The van der Waals surface area contributed by atoms with E-state index >= 15 is 0 Å². The lowest BCUT2D eigenvalue weighted by Gasteiger charge is -2.03. The van der Waals surface area contributed by atoms with E-state index in [1.807, 2.05) is 24.3 Å². The third-order valence-electron chi connectivity index (χ3n) is 3.42. The summed E-state index contributed by atoms with van der Waals surface area (Å²) in [7, 11) is 0. The molecule has 0 unspecified atom stereocenters. The first-order chi connectivity index (χ1) is 11.7. The van der Waals surface area contributed by atoms with E-state index in [9.17, 15) is 4.79 Å². The Morgan fingerprint density at radius 1 is 1.00 bits per heavy atom. The summed E-state index contributed by atoms with van der Waals surface area (Å²) in [4.78, 5) is 14.8. The Hall–Kier alpha value is -1.65. The normalized spacial score (nSPS) is 13.8. The van der Waals surface area contributed by atoms with Gasteiger partial charge in [-0.1, -0.05) is 68.4 Å². The molecule has 0 radical (unpaired) electrons. The highest BCUT2D eigenvalue weighted by molar-refractivity contribution is 5.66. The minimum Gasteiger partial charge on any atom is -0.481 e. The third kappa shape index (κ3) is 16.7. The van der Waals surface area contributed by atoms with Crippen LogP contribution in [0, 0.1) is 0 Å². The van der Waals surface area contributed by atoms with Crippen LogP contribution in [0.4, 0.5) is 0 Å². The van der Waals surface area contributed by atoms with Crippen molar-refractivity contribution < 1.29 is 20.0 Å². The van der Waals surface area contributed by atoms with Crippen molar-refractivity contribution in [3.8, 4) is 0 Å². The van der Waals surface area contributed by atoms with Crippen molar-refractivity contribution in [3.05, 3.63) is 48.6 Å². The van der Waals surface area contributed by atoms with Gasteiger partial charge in [0.15, 0.2) is 0 Å². The van der Waals surface area contributed by atoms with Gasteiger partial charge >= 0.3 is 5.97 Å². The highest BCUT2D eigenvalue weighted by Gasteiger charge is 1.99. The van der Waals surface area contributed by atoms with Gasteiger partial charge in [-0.15, -0.1) is 0 Å². The zero-order chi connectivity index (χ0) is 17.9. The topological polar surface area (TPSA) is 66.8 Å². The van der Waals surface area contributed by atoms with Crippen LogP contribution < -0.4 is 0 Å². The van der Waals surface area contributed by atoms with Gasteiger partial charge in [0.1, 0.15) is 6.10 Å². The molecular formula is C20H32O4. The summed E-state index contributed by atoms with van der Waals surface area (Å²) in [5, 5.41) is 17.4. The van der Waals surface area contributed by atoms with Gasteiger partial charge in [0, 0.05) is 6.42 Å². The van der Waals surface area contributed by atoms with E-state index in [1.165, 1.54) is 19.3 Å². The number of carboxylic acids is 1. The molecule has 4 heteroatoms. The third-order valence-corrected chi connectivity index (χ3v) is 3.42. The van der Waals surface area contributed by atoms with Gasteiger partial charge in [-0.05, 0) is 38.5 Å². The number of rotatable bonds is 15. The fourth-order valence-corrected chi connectivity index (χ4v) is 2.02. The largest absolute Gasteiger partial charge is 0.481 e. The first-order valence-electron chi connectivity index (χ1n) is 8.86. The summed E-state index contributed by atoms with van der Waals surface area (Å²) in [5.74, 6) is -0.768. The van der Waals surface area contributed by atoms with Gasteiger partial charge in [-0.3, -0.25) is 10.1 Å². The van der Waals surface area contributed by atoms with Gasteiger partial charge in [0.2, 0.25) is 0 Å². The van der Waals surface area contributed by atoms with Gasteiger partial charge < -0.3 is 5.11 Å². The second kappa shape index (κ2) is 17.7. The fourth-order valence-electron chi connectivity index (χ4n) is 2.02. The first kappa shape index (κ1) is 22.4. The molecule has 0 spiro atoms. The highest BCUT2D eigenvalue weighted by atomic mass is 17.1. The lowest BCUT2D eigenvalue weighted by atomic mass is 10.2. The van der Waals surface area contributed by atoms with Crippen molar-refractivity contribution in [2.75, 3.05) is 0 Å². The molecule has 0 saturated carbocycles. The average molecular weight is 336 g/mol. The van der Waals surface area contributed by atoms with E-state index in [2.05, 4.69) is 30.0 Å². The molecule has 0 aromatic heterocycles. The summed E-state index contributed by atoms with van der Waals surface area (Å²) in [6.07, 6.45) is 23.4. The summed E-state index contributed by atoms with van der Waals surface area (Å²) in [6.45, 7) is 2.20. The minimum absolute atomic E-state index is 0.189. The van der Waals surface area contributed by atoms with Crippen LogP contribution in [0.25, 0.3) is 0 Å². The molecule has 0 heterocycles. The standard InChI is InChI=1S/C20H32O4/c1-2-3-4-5-6-7-8-10-13-16-19(24-23)17-14-11-9-12-15-18-20(21)22/h6-7,9-11,13-14,17,19,23H,2-5,8,12,15-16,18H2,1H3,(H,21,22)/b7-6-,11-9-,13-10-,17-14+/t19-/m0/s1. The quantitative estimate of drug-likeness (QED) is 0.133. The number of carboxylic acid groups (broad SMARTS) is 1. The smallest absolute Gasteiger partial charge is 0.303 e. The molecule has 1 atom stereocenters. The highest BCUT2D eigenvalue weighted by Crippen LogP contribution is 2.04. The Bertz CT molecular complexity index is 408. The van der Waals surface area contributed by atoms with Crippen LogP contribution in [-0.2, 0) is 9.68 Å². The number of hydrogen-bond donors (Lipinski definition) is 2. The van der Waals surface area contributed by atoms with Crippen LogP contribution in [-0.4, -0.2) is 22.4 Å². The van der Waals surface area contributed by atoms with Gasteiger partial charge in [0.05, 0.1) is 0 Å². The Morgan fingerprint density at radius 2 is 1.75 bits per heavy atom. The Labute approximate surface area is 146 Å². The summed E-state index contributed by atoms with van der Waals surface area (Å²) in [5.41, 5.74) is 0. The molecule has 0 aromatic carbocycles. The van der Waals surface area contributed by atoms with Crippen LogP contribution in [0.2, 0.25) is 0 Å². The number of allylic oxidation sites excluding steroid dienone is 6. The SMILES string of the molecule is CCCCC/C=C\C/C=C\C[C@@H](/C=C/C=C\CCCC(=O)O)OO. The van der Waals surface area contributed by atoms with Gasteiger partial charge in [-0.25, -0.2) is 4.89 Å². The molecule has 4 nitrogen and oxygen atoms in total. The van der Waals surface area contributed by atoms with Crippen LogP contribution in [0.15, 0.2) is 48.6 Å². The number of carbonyl (C=O) groups is 1. The zero-order valence-corrected chi connectivity index (χ0v) is 14.8. The molecular weight excluding hydrogens is 304 g/mol. The van der Waals surface area contributed by atoms with Crippen molar-refractivity contribution in [1.82, 2.24) is 0 Å². The van der Waals surface area contributed by atoms with E-state index in [4.69, 9.17) is 10.4 Å². The van der Waals surface area contributed by atoms with E-state index in [1.54, 1.807) is 6.08 Å². The first-order valence-corrected chi connectivity index (χ1v) is 8.86. The molecule has 2 N–H and O–H groups in total. The van der Waals surface area contributed by atoms with E-state index in [0.717, 1.165) is 19.3 Å². The van der Waals surface area contributed by atoms with E-state index in [0.29, 0.717) is 12.8 Å². The lowest BCUT2D eigenvalue weighted by Crippen LogP contribution is -2.04.